The van der Waals surface area contributed by atoms with Crippen LogP contribution in [0, 0.1) is 5.92 Å². The minimum atomic E-state index is 0.190. The molecule has 136 valence electrons. The van der Waals surface area contributed by atoms with Crippen LogP contribution in [0.25, 0.3) is 11.5 Å². The predicted molar refractivity (Wildman–Crippen MR) is 94.0 cm³/mol. The number of hydrogen-bond acceptors (Lipinski definition) is 6. The molecule has 0 amide bonds. The third kappa shape index (κ3) is 4.51. The number of ether oxygens (including phenoxy) is 3. The highest BCUT2D eigenvalue weighted by Gasteiger charge is 2.22. The second kappa shape index (κ2) is 8.34. The number of rotatable bonds is 7. The Kier molecular flexibility index (Phi) is 5.91. The monoisotopic (exact) mass is 346 g/mol. The maximum absolute atomic E-state index is 5.86. The van der Waals surface area contributed by atoms with Gasteiger partial charge in [0.25, 0.3) is 0 Å². The quantitative estimate of drug-likeness (QED) is 0.753. The number of benzene rings is 1. The van der Waals surface area contributed by atoms with E-state index in [1.165, 1.54) is 0 Å². The van der Waals surface area contributed by atoms with Gasteiger partial charge in [0.2, 0.25) is 11.8 Å². The van der Waals surface area contributed by atoms with Gasteiger partial charge in [-0.15, -0.1) is 10.2 Å². The summed E-state index contributed by atoms with van der Waals surface area (Å²) in [5.74, 6) is 3.33. The average Bonchev–Trinajstić information content (AvgIpc) is 3.12. The van der Waals surface area contributed by atoms with Gasteiger partial charge in [-0.1, -0.05) is 13.8 Å². The Bertz CT molecular complexity index is 678. The van der Waals surface area contributed by atoms with Crippen LogP contribution in [0.3, 0.4) is 0 Å². The lowest BCUT2D eigenvalue weighted by Gasteiger charge is -2.18. The van der Waals surface area contributed by atoms with Crippen molar-refractivity contribution in [2.45, 2.75) is 39.0 Å². The van der Waals surface area contributed by atoms with Crippen molar-refractivity contribution in [1.82, 2.24) is 10.2 Å². The molecule has 3 rings (SSSR count). The third-order valence-corrected chi connectivity index (χ3v) is 4.31. The highest BCUT2D eigenvalue weighted by molar-refractivity contribution is 5.59. The number of aromatic nitrogens is 2. The molecule has 25 heavy (non-hydrogen) atoms. The van der Waals surface area contributed by atoms with Gasteiger partial charge in [-0.25, -0.2) is 0 Å². The second-order valence-electron chi connectivity index (χ2n) is 6.76. The van der Waals surface area contributed by atoms with Crippen molar-refractivity contribution in [3.63, 3.8) is 0 Å². The Balaban J connectivity index is 1.73. The number of methoxy groups -OCH3 is 1. The van der Waals surface area contributed by atoms with Gasteiger partial charge < -0.3 is 18.6 Å². The summed E-state index contributed by atoms with van der Waals surface area (Å²) in [4.78, 5) is 0. The summed E-state index contributed by atoms with van der Waals surface area (Å²) in [5.41, 5.74) is 0.823. The fourth-order valence-corrected chi connectivity index (χ4v) is 2.78. The van der Waals surface area contributed by atoms with Gasteiger partial charge in [0, 0.05) is 12.2 Å². The molecule has 0 radical (unpaired) electrons. The molecule has 2 heterocycles. The number of nitrogens with zero attached hydrogens (tertiary/aromatic N) is 2. The summed E-state index contributed by atoms with van der Waals surface area (Å²) in [5, 5.41) is 8.38. The molecule has 1 unspecified atom stereocenters. The van der Waals surface area contributed by atoms with Crippen molar-refractivity contribution < 1.29 is 18.6 Å². The fourth-order valence-electron chi connectivity index (χ4n) is 2.78. The maximum Gasteiger partial charge on any atom is 0.247 e. The molecule has 1 aliphatic heterocycles. The Labute approximate surface area is 148 Å². The van der Waals surface area contributed by atoms with Crippen molar-refractivity contribution >= 4 is 0 Å². The van der Waals surface area contributed by atoms with E-state index >= 15 is 0 Å². The lowest BCUT2D eigenvalue weighted by Crippen LogP contribution is -2.15. The molecule has 0 spiro atoms. The maximum atomic E-state index is 5.86. The van der Waals surface area contributed by atoms with Crippen LogP contribution in [-0.2, 0) is 4.74 Å². The van der Waals surface area contributed by atoms with E-state index in [2.05, 4.69) is 24.0 Å². The molecule has 1 atom stereocenters. The van der Waals surface area contributed by atoms with Gasteiger partial charge in [0.05, 0.1) is 26.2 Å². The van der Waals surface area contributed by atoms with Gasteiger partial charge in [-0.05, 0) is 43.4 Å². The molecule has 1 aromatic heterocycles. The van der Waals surface area contributed by atoms with Crippen LogP contribution in [0.15, 0.2) is 22.6 Å². The smallest absolute Gasteiger partial charge is 0.247 e. The van der Waals surface area contributed by atoms with Crippen molar-refractivity contribution in [3.8, 4) is 23.0 Å². The summed E-state index contributed by atoms with van der Waals surface area (Å²) >= 11 is 0. The predicted octanol–water partition coefficient (Wildman–Crippen LogP) is 4.06. The van der Waals surface area contributed by atoms with Crippen molar-refractivity contribution in [2.75, 3.05) is 26.9 Å². The van der Waals surface area contributed by atoms with E-state index in [1.54, 1.807) is 7.11 Å². The van der Waals surface area contributed by atoms with Crippen molar-refractivity contribution in [3.05, 3.63) is 24.1 Å². The van der Waals surface area contributed by atoms with E-state index in [1.807, 2.05) is 18.2 Å². The second-order valence-corrected chi connectivity index (χ2v) is 6.76. The van der Waals surface area contributed by atoms with Crippen LogP contribution in [0.4, 0.5) is 0 Å². The van der Waals surface area contributed by atoms with Crippen LogP contribution in [-0.4, -0.2) is 37.1 Å². The minimum absolute atomic E-state index is 0.190. The van der Waals surface area contributed by atoms with E-state index in [-0.39, 0.29) is 5.92 Å². The zero-order chi connectivity index (χ0) is 17.6. The first kappa shape index (κ1) is 17.7. The Morgan fingerprint density at radius 1 is 1.24 bits per heavy atom. The van der Waals surface area contributed by atoms with Gasteiger partial charge in [-0.3, -0.25) is 0 Å². The van der Waals surface area contributed by atoms with Crippen molar-refractivity contribution in [1.29, 1.82) is 0 Å². The van der Waals surface area contributed by atoms with Gasteiger partial charge in [-0.2, -0.15) is 0 Å². The summed E-state index contributed by atoms with van der Waals surface area (Å²) < 4.78 is 22.6. The SMILES string of the molecule is COc1cc(-c2nnc(C3CCCOC3)o2)ccc1OCCC(C)C. The Hall–Kier alpha value is -2.08. The van der Waals surface area contributed by atoms with Gasteiger partial charge in [0.1, 0.15) is 0 Å². The topological polar surface area (TPSA) is 66.6 Å². The van der Waals surface area contributed by atoms with E-state index in [0.717, 1.165) is 37.2 Å². The van der Waals surface area contributed by atoms with E-state index in [9.17, 15) is 0 Å². The van der Waals surface area contributed by atoms with Crippen LogP contribution in [0.5, 0.6) is 11.5 Å². The van der Waals surface area contributed by atoms with Crippen LogP contribution < -0.4 is 9.47 Å². The molecule has 6 nitrogen and oxygen atoms in total. The highest BCUT2D eigenvalue weighted by Crippen LogP contribution is 2.33. The molecular formula is C19H26N2O4. The summed E-state index contributed by atoms with van der Waals surface area (Å²) in [6.07, 6.45) is 3.05. The molecule has 0 saturated carbocycles. The standard InChI is InChI=1S/C19H26N2O4/c1-13(2)8-10-24-16-7-6-14(11-17(16)22-3)18-20-21-19(25-18)15-5-4-9-23-12-15/h6-7,11,13,15H,4-5,8-10,12H2,1-3H3. The normalized spacial score (nSPS) is 17.7. The zero-order valence-corrected chi connectivity index (χ0v) is 15.2. The van der Waals surface area contributed by atoms with Crippen molar-refractivity contribution in [2.24, 2.45) is 5.92 Å². The Morgan fingerprint density at radius 3 is 2.84 bits per heavy atom. The average molecular weight is 346 g/mol. The molecule has 1 fully saturated rings. The molecule has 1 saturated heterocycles. The largest absolute Gasteiger partial charge is 0.493 e. The first-order valence-corrected chi connectivity index (χ1v) is 8.89. The Morgan fingerprint density at radius 2 is 2.12 bits per heavy atom. The molecule has 0 aliphatic carbocycles. The summed E-state index contributed by atoms with van der Waals surface area (Å²) in [7, 11) is 1.63. The molecule has 6 heteroatoms. The third-order valence-electron chi connectivity index (χ3n) is 4.31. The van der Waals surface area contributed by atoms with E-state index in [4.69, 9.17) is 18.6 Å². The summed E-state index contributed by atoms with van der Waals surface area (Å²) in [6.45, 7) is 6.47. The fraction of sp³-hybridized carbons (Fsp3) is 0.579. The lowest BCUT2D eigenvalue weighted by molar-refractivity contribution is 0.0727. The lowest BCUT2D eigenvalue weighted by atomic mass is 10.0. The molecular weight excluding hydrogens is 320 g/mol. The van der Waals surface area contributed by atoms with E-state index < -0.39 is 0 Å². The first-order valence-electron chi connectivity index (χ1n) is 8.89. The molecule has 2 aromatic rings. The molecule has 0 bridgehead atoms. The molecule has 1 aromatic carbocycles. The van der Waals surface area contributed by atoms with Crippen LogP contribution in [0.2, 0.25) is 0 Å². The number of hydrogen-bond donors (Lipinski definition) is 0. The minimum Gasteiger partial charge on any atom is -0.493 e. The zero-order valence-electron chi connectivity index (χ0n) is 15.2. The van der Waals surface area contributed by atoms with Crippen LogP contribution in [0.1, 0.15) is 44.9 Å². The van der Waals surface area contributed by atoms with Crippen LogP contribution >= 0.6 is 0 Å². The van der Waals surface area contributed by atoms with Gasteiger partial charge in [0.15, 0.2) is 11.5 Å². The highest BCUT2D eigenvalue weighted by atomic mass is 16.5. The van der Waals surface area contributed by atoms with Gasteiger partial charge >= 0.3 is 0 Å². The first-order chi connectivity index (χ1) is 12.2. The summed E-state index contributed by atoms with van der Waals surface area (Å²) in [6, 6.07) is 5.68. The van der Waals surface area contributed by atoms with E-state index in [0.29, 0.717) is 36.7 Å². The molecule has 1 aliphatic rings. The molecule has 0 N–H and O–H groups in total.